The molecule has 0 aliphatic heterocycles. The van der Waals surface area contributed by atoms with Crippen LogP contribution in [0, 0.1) is 16.7 Å². The summed E-state index contributed by atoms with van der Waals surface area (Å²) in [6.07, 6.45) is 0.872. The minimum Gasteiger partial charge on any atom is -0.489 e. The molecule has 3 atom stereocenters. The van der Waals surface area contributed by atoms with Crippen LogP contribution in [0.25, 0.3) is 0 Å². The Kier molecular flexibility index (Phi) is 8.57. The predicted molar refractivity (Wildman–Crippen MR) is 137 cm³/mol. The molecule has 3 unspecified atom stereocenters. The van der Waals surface area contributed by atoms with Crippen molar-refractivity contribution in [2.75, 3.05) is 0 Å². The van der Waals surface area contributed by atoms with Crippen LogP contribution in [0.1, 0.15) is 51.2 Å². The van der Waals surface area contributed by atoms with E-state index < -0.39 is 34.7 Å². The Morgan fingerprint density at radius 2 is 1.67 bits per heavy atom. The van der Waals surface area contributed by atoms with Gasteiger partial charge in [0.2, 0.25) is 5.91 Å². The van der Waals surface area contributed by atoms with Crippen molar-refractivity contribution in [1.29, 1.82) is 0 Å². The number of aliphatic carboxylic acids is 2. The van der Waals surface area contributed by atoms with Crippen LogP contribution in [-0.2, 0) is 27.4 Å². The molecule has 7 nitrogen and oxygen atoms in total. The third-order valence-electron chi connectivity index (χ3n) is 7.63. The van der Waals surface area contributed by atoms with E-state index in [0.717, 1.165) is 5.56 Å². The van der Waals surface area contributed by atoms with E-state index in [1.165, 1.54) is 0 Å². The second kappa shape index (κ2) is 11.1. The SMILES string of the molecule is CC1(C(=O)O)CCC(C(=O)NC(CC(=O)O)Cc2ccc(OCc3c(Cl)cccc3Cl)cc2)C1(C)C. The zero-order valence-electron chi connectivity index (χ0n) is 20.5. The molecule has 0 saturated heterocycles. The van der Waals surface area contributed by atoms with Gasteiger partial charge in [-0.2, -0.15) is 0 Å². The van der Waals surface area contributed by atoms with Crippen molar-refractivity contribution in [3.05, 3.63) is 63.6 Å². The first kappa shape index (κ1) is 27.8. The first-order valence-electron chi connectivity index (χ1n) is 11.8. The smallest absolute Gasteiger partial charge is 0.309 e. The van der Waals surface area contributed by atoms with Gasteiger partial charge in [0.15, 0.2) is 0 Å². The maximum atomic E-state index is 13.1. The largest absolute Gasteiger partial charge is 0.489 e. The number of carboxylic acid groups (broad SMARTS) is 2. The Bertz CT molecular complexity index is 1110. The van der Waals surface area contributed by atoms with Crippen molar-refractivity contribution < 1.29 is 29.3 Å². The van der Waals surface area contributed by atoms with Crippen molar-refractivity contribution in [2.24, 2.45) is 16.7 Å². The molecular formula is C27H31Cl2NO6. The Morgan fingerprint density at radius 1 is 1.06 bits per heavy atom. The highest BCUT2D eigenvalue weighted by Gasteiger charge is 2.58. The molecule has 1 aliphatic carbocycles. The van der Waals surface area contributed by atoms with Gasteiger partial charge in [0.25, 0.3) is 0 Å². The fourth-order valence-electron chi connectivity index (χ4n) is 4.86. The van der Waals surface area contributed by atoms with E-state index in [2.05, 4.69) is 5.32 Å². The quantitative estimate of drug-likeness (QED) is 0.364. The van der Waals surface area contributed by atoms with Crippen molar-refractivity contribution in [2.45, 2.75) is 59.1 Å². The number of benzene rings is 2. The Hall–Kier alpha value is -2.77. The van der Waals surface area contributed by atoms with E-state index in [1.807, 2.05) is 12.1 Å². The Labute approximate surface area is 220 Å². The van der Waals surface area contributed by atoms with Crippen LogP contribution >= 0.6 is 23.2 Å². The maximum absolute atomic E-state index is 13.1. The summed E-state index contributed by atoms with van der Waals surface area (Å²) in [5, 5.41) is 23.0. The van der Waals surface area contributed by atoms with E-state index >= 15 is 0 Å². The Morgan fingerprint density at radius 3 is 2.19 bits per heavy atom. The van der Waals surface area contributed by atoms with E-state index in [1.54, 1.807) is 51.1 Å². The lowest BCUT2D eigenvalue weighted by Crippen LogP contribution is -2.48. The third kappa shape index (κ3) is 5.95. The van der Waals surface area contributed by atoms with E-state index in [-0.39, 0.29) is 18.9 Å². The molecule has 1 aliphatic rings. The van der Waals surface area contributed by atoms with Gasteiger partial charge in [0.1, 0.15) is 12.4 Å². The molecule has 0 spiro atoms. The average molecular weight is 536 g/mol. The number of hydrogen-bond acceptors (Lipinski definition) is 4. The standard InChI is InChI=1S/C27H31Cl2NO6/c1-26(2)20(11-12-27(26,3)25(34)35)24(33)30-17(14-23(31)32)13-16-7-9-18(10-8-16)36-15-19-21(28)5-4-6-22(19)29/h4-10,17,20H,11-15H2,1-3H3,(H,30,33)(H,31,32)(H,34,35). The molecule has 9 heteroatoms. The van der Waals surface area contributed by atoms with Crippen molar-refractivity contribution in [3.63, 3.8) is 0 Å². The van der Waals surface area contributed by atoms with E-state index in [9.17, 15) is 24.6 Å². The van der Waals surface area contributed by atoms with Gasteiger partial charge < -0.3 is 20.3 Å². The number of halogens is 2. The lowest BCUT2D eigenvalue weighted by molar-refractivity contribution is -0.155. The van der Waals surface area contributed by atoms with Crippen LogP contribution in [0.5, 0.6) is 5.75 Å². The highest BCUT2D eigenvalue weighted by atomic mass is 35.5. The first-order valence-corrected chi connectivity index (χ1v) is 12.5. The van der Waals surface area contributed by atoms with Gasteiger partial charge in [-0.25, -0.2) is 0 Å². The normalized spacial score (nSPS) is 21.5. The molecule has 3 N–H and O–H groups in total. The summed E-state index contributed by atoms with van der Waals surface area (Å²) in [6.45, 7) is 5.45. The molecule has 194 valence electrons. The monoisotopic (exact) mass is 535 g/mol. The average Bonchev–Trinajstić information content (AvgIpc) is 3.04. The molecule has 1 fully saturated rings. The fraction of sp³-hybridized carbons (Fsp3) is 0.444. The molecule has 0 heterocycles. The van der Waals surface area contributed by atoms with Crippen LogP contribution in [0.15, 0.2) is 42.5 Å². The van der Waals surface area contributed by atoms with Crippen LogP contribution in [-0.4, -0.2) is 34.1 Å². The molecule has 36 heavy (non-hydrogen) atoms. The van der Waals surface area contributed by atoms with Crippen molar-refractivity contribution in [1.82, 2.24) is 5.32 Å². The molecule has 2 aromatic carbocycles. The van der Waals surface area contributed by atoms with Crippen LogP contribution in [0.4, 0.5) is 0 Å². The number of carbonyl (C=O) groups is 3. The summed E-state index contributed by atoms with van der Waals surface area (Å²) in [5.74, 6) is -2.20. The van der Waals surface area contributed by atoms with Crippen LogP contribution < -0.4 is 10.1 Å². The van der Waals surface area contributed by atoms with Crippen molar-refractivity contribution >= 4 is 41.0 Å². The first-order chi connectivity index (χ1) is 16.8. The number of rotatable bonds is 10. The zero-order chi connectivity index (χ0) is 26.7. The van der Waals surface area contributed by atoms with Gasteiger partial charge in [-0.3, -0.25) is 14.4 Å². The van der Waals surface area contributed by atoms with Gasteiger partial charge in [0.05, 0.1) is 11.8 Å². The zero-order valence-corrected chi connectivity index (χ0v) is 22.0. The Balaban J connectivity index is 1.66. The summed E-state index contributed by atoms with van der Waals surface area (Å²) in [5.41, 5.74) is -0.296. The highest BCUT2D eigenvalue weighted by Crippen LogP contribution is 2.56. The maximum Gasteiger partial charge on any atom is 0.309 e. The van der Waals surface area contributed by atoms with Crippen molar-refractivity contribution in [3.8, 4) is 5.75 Å². The van der Waals surface area contributed by atoms with Gasteiger partial charge >= 0.3 is 11.9 Å². The van der Waals surface area contributed by atoms with E-state index in [4.69, 9.17) is 27.9 Å². The number of hydrogen-bond donors (Lipinski definition) is 3. The molecule has 0 radical (unpaired) electrons. The summed E-state index contributed by atoms with van der Waals surface area (Å²) in [6, 6.07) is 11.7. The minimum atomic E-state index is -1.03. The second-order valence-electron chi connectivity index (χ2n) is 10.1. The van der Waals surface area contributed by atoms with Crippen LogP contribution in [0.3, 0.4) is 0 Å². The molecule has 0 aromatic heterocycles. The highest BCUT2D eigenvalue weighted by molar-refractivity contribution is 6.35. The summed E-state index contributed by atoms with van der Waals surface area (Å²) in [4.78, 5) is 36.5. The molecule has 2 aromatic rings. The van der Waals surface area contributed by atoms with Crippen LogP contribution in [0.2, 0.25) is 10.0 Å². The molecule has 3 rings (SSSR count). The lowest BCUT2D eigenvalue weighted by Gasteiger charge is -2.38. The minimum absolute atomic E-state index is 0.196. The summed E-state index contributed by atoms with van der Waals surface area (Å²) >= 11 is 12.4. The molecule has 0 bridgehead atoms. The van der Waals surface area contributed by atoms with Gasteiger partial charge in [-0.1, -0.05) is 55.2 Å². The topological polar surface area (TPSA) is 113 Å². The summed E-state index contributed by atoms with van der Waals surface area (Å²) < 4.78 is 5.79. The third-order valence-corrected chi connectivity index (χ3v) is 8.34. The predicted octanol–water partition coefficient (Wildman–Crippen LogP) is 5.60. The van der Waals surface area contributed by atoms with E-state index in [0.29, 0.717) is 40.6 Å². The molecule has 1 amide bonds. The molecular weight excluding hydrogens is 505 g/mol. The summed E-state index contributed by atoms with van der Waals surface area (Å²) in [7, 11) is 0. The number of ether oxygens (including phenoxy) is 1. The van der Waals surface area contributed by atoms with Gasteiger partial charge in [-0.15, -0.1) is 0 Å². The number of carboxylic acids is 2. The second-order valence-corrected chi connectivity index (χ2v) is 10.9. The van der Waals surface area contributed by atoms with Gasteiger partial charge in [-0.05, 0) is 61.4 Å². The lowest BCUT2D eigenvalue weighted by atomic mass is 9.65. The molecule has 1 saturated carbocycles. The van der Waals surface area contributed by atoms with Gasteiger partial charge in [0, 0.05) is 27.6 Å². The number of amides is 1. The fourth-order valence-corrected chi connectivity index (χ4v) is 5.37. The number of nitrogens with one attached hydrogen (secondary N) is 1. The number of carbonyl (C=O) groups excluding carboxylic acids is 1.